The van der Waals surface area contributed by atoms with Gasteiger partial charge in [-0.3, -0.25) is 0 Å². The summed E-state index contributed by atoms with van der Waals surface area (Å²) in [4.78, 5) is 11.0. The van der Waals surface area contributed by atoms with Crippen molar-refractivity contribution in [3.05, 3.63) is 18.0 Å². The van der Waals surface area contributed by atoms with Crippen LogP contribution in [0, 0.1) is 0 Å². The molecule has 1 aliphatic heterocycles. The van der Waals surface area contributed by atoms with Crippen LogP contribution in [0.2, 0.25) is 0 Å². The topological polar surface area (TPSA) is 70.5 Å². The summed E-state index contributed by atoms with van der Waals surface area (Å²) in [6.07, 6.45) is 4.56. The van der Waals surface area contributed by atoms with E-state index in [2.05, 4.69) is 27.1 Å². The largest absolute Gasteiger partial charge is 0.394 e. The van der Waals surface area contributed by atoms with Crippen LogP contribution >= 0.6 is 0 Å². The van der Waals surface area contributed by atoms with Gasteiger partial charge in [0.25, 0.3) is 0 Å². The number of anilines is 1. The molecule has 1 aliphatic rings. The number of rotatable bonds is 6. The van der Waals surface area contributed by atoms with Crippen LogP contribution in [0.1, 0.15) is 25.8 Å². The lowest BCUT2D eigenvalue weighted by molar-refractivity contribution is 0.122. The molecule has 1 aromatic rings. The molecule has 1 aromatic heterocycles. The van der Waals surface area contributed by atoms with Crippen LogP contribution in [0.25, 0.3) is 0 Å². The molecular formula is C14H24N4O2. The molecule has 1 saturated heterocycles. The van der Waals surface area contributed by atoms with Crippen LogP contribution in [0.5, 0.6) is 0 Å². The van der Waals surface area contributed by atoms with Gasteiger partial charge in [0.2, 0.25) is 5.95 Å². The molecule has 0 radical (unpaired) electrons. The number of hydrogen-bond donors (Lipinski definition) is 2. The van der Waals surface area contributed by atoms with E-state index in [9.17, 15) is 5.11 Å². The fourth-order valence-electron chi connectivity index (χ4n) is 1.97. The predicted octanol–water partition coefficient (Wildman–Crippen LogP) is 0.564. The third-order valence-corrected chi connectivity index (χ3v) is 3.83. The van der Waals surface area contributed by atoms with Crippen molar-refractivity contribution in [2.75, 3.05) is 37.8 Å². The summed E-state index contributed by atoms with van der Waals surface area (Å²) in [5, 5.41) is 12.7. The highest BCUT2D eigenvalue weighted by Gasteiger charge is 2.20. The van der Waals surface area contributed by atoms with E-state index < -0.39 is 0 Å². The number of nitrogens with one attached hydrogen (secondary N) is 1. The number of nitrogens with zero attached hydrogens (tertiary/aromatic N) is 3. The molecule has 0 spiro atoms. The highest BCUT2D eigenvalue weighted by Crippen LogP contribution is 2.11. The van der Waals surface area contributed by atoms with Crippen LogP contribution in [0.4, 0.5) is 5.95 Å². The summed E-state index contributed by atoms with van der Waals surface area (Å²) in [5.74, 6) is 0.762. The minimum Gasteiger partial charge on any atom is -0.394 e. The monoisotopic (exact) mass is 280 g/mol. The molecule has 112 valence electrons. The van der Waals surface area contributed by atoms with Crippen molar-refractivity contribution in [2.24, 2.45) is 0 Å². The molecule has 2 heterocycles. The molecule has 0 bridgehead atoms. The Morgan fingerprint density at radius 1 is 1.35 bits per heavy atom. The number of aliphatic hydroxyl groups excluding tert-OH is 1. The Balaban J connectivity index is 1.91. The van der Waals surface area contributed by atoms with Crippen molar-refractivity contribution >= 4 is 5.95 Å². The van der Waals surface area contributed by atoms with Gasteiger partial charge in [0.05, 0.1) is 19.8 Å². The molecule has 0 aliphatic carbocycles. The smallest absolute Gasteiger partial charge is 0.225 e. The van der Waals surface area contributed by atoms with E-state index in [0.717, 1.165) is 44.2 Å². The lowest BCUT2D eigenvalue weighted by Crippen LogP contribution is -2.44. The lowest BCUT2D eigenvalue weighted by Gasteiger charge is -2.28. The molecule has 1 unspecified atom stereocenters. The van der Waals surface area contributed by atoms with Crippen molar-refractivity contribution in [2.45, 2.75) is 32.4 Å². The average molecular weight is 280 g/mol. The minimum atomic E-state index is -0.247. The molecule has 6 heteroatoms. The Labute approximate surface area is 120 Å². The summed E-state index contributed by atoms with van der Waals surface area (Å²) in [6.45, 7) is 8.00. The third kappa shape index (κ3) is 3.88. The first-order valence-electron chi connectivity index (χ1n) is 7.16. The third-order valence-electron chi connectivity index (χ3n) is 3.83. The van der Waals surface area contributed by atoms with Crippen LogP contribution < -0.4 is 10.2 Å². The van der Waals surface area contributed by atoms with Gasteiger partial charge in [-0.15, -0.1) is 0 Å². The summed E-state index contributed by atoms with van der Waals surface area (Å²) in [5.41, 5.74) is 0.776. The van der Waals surface area contributed by atoms with Crippen molar-refractivity contribution in [3.8, 4) is 0 Å². The summed E-state index contributed by atoms with van der Waals surface area (Å²) >= 11 is 0. The van der Waals surface area contributed by atoms with E-state index in [1.165, 1.54) is 0 Å². The predicted molar refractivity (Wildman–Crippen MR) is 77.7 cm³/mol. The zero-order valence-electron chi connectivity index (χ0n) is 12.3. The van der Waals surface area contributed by atoms with Crippen molar-refractivity contribution in [1.82, 2.24) is 15.3 Å². The van der Waals surface area contributed by atoms with Gasteiger partial charge in [0.15, 0.2) is 0 Å². The maximum atomic E-state index is 9.37. The van der Waals surface area contributed by atoms with Gasteiger partial charge in [-0.1, -0.05) is 6.92 Å². The van der Waals surface area contributed by atoms with Gasteiger partial charge in [0.1, 0.15) is 0 Å². The first-order chi connectivity index (χ1) is 9.67. The minimum absolute atomic E-state index is 0.121. The second kappa shape index (κ2) is 6.97. The van der Waals surface area contributed by atoms with Gasteiger partial charge in [-0.05, 0) is 13.3 Å². The van der Waals surface area contributed by atoms with Crippen LogP contribution in [0.3, 0.4) is 0 Å². The van der Waals surface area contributed by atoms with Gasteiger partial charge >= 0.3 is 0 Å². The fourth-order valence-corrected chi connectivity index (χ4v) is 1.97. The summed E-state index contributed by atoms with van der Waals surface area (Å²) in [6, 6.07) is 0. The number of aromatic nitrogens is 2. The zero-order valence-corrected chi connectivity index (χ0v) is 12.3. The van der Waals surface area contributed by atoms with Gasteiger partial charge in [-0.2, -0.15) is 0 Å². The van der Waals surface area contributed by atoms with E-state index in [0.29, 0.717) is 6.54 Å². The molecule has 0 aromatic carbocycles. The maximum absolute atomic E-state index is 9.37. The molecule has 0 amide bonds. The molecule has 1 fully saturated rings. The number of aliphatic hydroxyl groups is 1. The fraction of sp³-hybridized carbons (Fsp3) is 0.714. The first kappa shape index (κ1) is 15.2. The van der Waals surface area contributed by atoms with Crippen LogP contribution in [-0.2, 0) is 11.3 Å². The Hall–Kier alpha value is -1.24. The number of morpholine rings is 1. The quantitative estimate of drug-likeness (QED) is 0.793. The summed E-state index contributed by atoms with van der Waals surface area (Å²) < 4.78 is 5.31. The van der Waals surface area contributed by atoms with Crippen molar-refractivity contribution < 1.29 is 9.84 Å². The normalized spacial score (nSPS) is 18.9. The second-order valence-corrected chi connectivity index (χ2v) is 5.42. The maximum Gasteiger partial charge on any atom is 0.225 e. The first-order valence-corrected chi connectivity index (χ1v) is 7.16. The Bertz CT molecular complexity index is 400. The van der Waals surface area contributed by atoms with Crippen LogP contribution in [-0.4, -0.2) is 53.5 Å². The van der Waals surface area contributed by atoms with Crippen LogP contribution in [0.15, 0.2) is 12.4 Å². The van der Waals surface area contributed by atoms with E-state index in [-0.39, 0.29) is 12.1 Å². The highest BCUT2D eigenvalue weighted by atomic mass is 16.5. The second-order valence-electron chi connectivity index (χ2n) is 5.42. The molecule has 6 nitrogen and oxygen atoms in total. The van der Waals surface area contributed by atoms with E-state index >= 15 is 0 Å². The highest BCUT2D eigenvalue weighted by molar-refractivity contribution is 5.30. The Kier molecular flexibility index (Phi) is 5.28. The molecular weight excluding hydrogens is 256 g/mol. The number of hydrogen-bond acceptors (Lipinski definition) is 6. The Morgan fingerprint density at radius 2 is 2.00 bits per heavy atom. The summed E-state index contributed by atoms with van der Waals surface area (Å²) in [7, 11) is 0. The van der Waals surface area contributed by atoms with E-state index in [1.807, 2.05) is 19.3 Å². The zero-order chi connectivity index (χ0) is 14.4. The van der Waals surface area contributed by atoms with E-state index in [4.69, 9.17) is 4.74 Å². The molecule has 20 heavy (non-hydrogen) atoms. The Morgan fingerprint density at radius 3 is 2.55 bits per heavy atom. The van der Waals surface area contributed by atoms with Crippen molar-refractivity contribution in [1.29, 1.82) is 0 Å². The molecule has 2 N–H and O–H groups in total. The standard InChI is InChI=1S/C14H24N4O2/c1-3-14(2,11-19)17-10-12-8-15-13(16-9-12)18-4-6-20-7-5-18/h8-9,17,19H,3-7,10-11H2,1-2H3. The van der Waals surface area contributed by atoms with Gasteiger partial charge in [-0.25, -0.2) is 9.97 Å². The molecule has 1 atom stereocenters. The average Bonchev–Trinajstić information content (AvgIpc) is 2.54. The lowest BCUT2D eigenvalue weighted by atomic mass is 10.0. The van der Waals surface area contributed by atoms with Gasteiger partial charge < -0.3 is 20.1 Å². The van der Waals surface area contributed by atoms with Gasteiger partial charge in [0, 0.05) is 43.1 Å². The molecule has 2 rings (SSSR count). The molecule has 0 saturated carbocycles. The van der Waals surface area contributed by atoms with Crippen molar-refractivity contribution in [3.63, 3.8) is 0 Å². The van der Waals surface area contributed by atoms with E-state index in [1.54, 1.807) is 0 Å². The SMILES string of the molecule is CCC(C)(CO)NCc1cnc(N2CCOCC2)nc1. The number of ether oxygens (including phenoxy) is 1.